The van der Waals surface area contributed by atoms with Crippen molar-refractivity contribution in [2.24, 2.45) is 0 Å². The van der Waals surface area contributed by atoms with Crippen LogP contribution in [0.5, 0.6) is 0 Å². The fourth-order valence-electron chi connectivity index (χ4n) is 2.28. The summed E-state index contributed by atoms with van der Waals surface area (Å²) in [6.45, 7) is 7.34. The molecule has 0 saturated heterocycles. The van der Waals surface area contributed by atoms with Crippen LogP contribution in [0.3, 0.4) is 0 Å². The lowest BCUT2D eigenvalue weighted by Gasteiger charge is -2.11. The highest BCUT2D eigenvalue weighted by Crippen LogP contribution is 2.24. The molecule has 4 nitrogen and oxygen atoms in total. The summed E-state index contributed by atoms with van der Waals surface area (Å²) in [5.74, 6) is 0. The van der Waals surface area contributed by atoms with Crippen LogP contribution in [0.2, 0.25) is 5.02 Å². The van der Waals surface area contributed by atoms with Crippen LogP contribution in [0.4, 0.5) is 5.69 Å². The number of hydrogen-bond acceptors (Lipinski definition) is 3. The molecule has 1 heterocycles. The maximum atomic E-state index is 9.03. The predicted molar refractivity (Wildman–Crippen MR) is 82.3 cm³/mol. The molecule has 0 radical (unpaired) electrons. The van der Waals surface area contributed by atoms with Crippen molar-refractivity contribution in [3.05, 3.63) is 45.7 Å². The first-order valence-electron chi connectivity index (χ1n) is 6.67. The molecule has 2 N–H and O–H groups in total. The van der Waals surface area contributed by atoms with Crippen LogP contribution >= 0.6 is 11.6 Å². The summed E-state index contributed by atoms with van der Waals surface area (Å²) in [7, 11) is 0. The second-order valence-electron chi connectivity index (χ2n) is 4.86. The van der Waals surface area contributed by atoms with Crippen LogP contribution in [0, 0.1) is 20.8 Å². The highest BCUT2D eigenvalue weighted by molar-refractivity contribution is 6.31. The van der Waals surface area contributed by atoms with Gasteiger partial charge in [-0.1, -0.05) is 17.7 Å². The number of aliphatic hydroxyl groups excluding tert-OH is 1. The van der Waals surface area contributed by atoms with Gasteiger partial charge in [0.2, 0.25) is 0 Å². The Morgan fingerprint density at radius 3 is 2.75 bits per heavy atom. The summed E-state index contributed by atoms with van der Waals surface area (Å²) >= 11 is 6.12. The molecule has 108 valence electrons. The average Bonchev–Trinajstić information content (AvgIpc) is 2.68. The number of nitrogens with one attached hydrogen (secondary N) is 1. The molecule has 1 aromatic carbocycles. The van der Waals surface area contributed by atoms with Crippen molar-refractivity contribution in [1.29, 1.82) is 0 Å². The van der Waals surface area contributed by atoms with Gasteiger partial charge in [-0.2, -0.15) is 5.10 Å². The topological polar surface area (TPSA) is 50.1 Å². The van der Waals surface area contributed by atoms with Gasteiger partial charge in [0.1, 0.15) is 0 Å². The highest BCUT2D eigenvalue weighted by Gasteiger charge is 2.11. The molecule has 5 heteroatoms. The second-order valence-corrected chi connectivity index (χ2v) is 5.27. The van der Waals surface area contributed by atoms with Crippen molar-refractivity contribution in [2.75, 3.05) is 11.9 Å². The van der Waals surface area contributed by atoms with Gasteiger partial charge in [0, 0.05) is 28.5 Å². The minimum atomic E-state index is 0.0994. The maximum Gasteiger partial charge on any atom is 0.0646 e. The third kappa shape index (κ3) is 2.97. The largest absolute Gasteiger partial charge is 0.394 e. The molecule has 0 spiro atoms. The summed E-state index contributed by atoms with van der Waals surface area (Å²) in [5.41, 5.74) is 5.32. The molecule has 0 bridgehead atoms. The number of rotatable bonds is 5. The fraction of sp³-hybridized carbons (Fsp3) is 0.400. The first-order chi connectivity index (χ1) is 9.54. The van der Waals surface area contributed by atoms with E-state index in [1.54, 1.807) is 0 Å². The lowest BCUT2D eigenvalue weighted by Crippen LogP contribution is -2.07. The zero-order valence-electron chi connectivity index (χ0n) is 12.1. The van der Waals surface area contributed by atoms with E-state index in [1.165, 1.54) is 0 Å². The van der Waals surface area contributed by atoms with Crippen LogP contribution < -0.4 is 5.32 Å². The smallest absolute Gasteiger partial charge is 0.0646 e. The van der Waals surface area contributed by atoms with E-state index in [0.29, 0.717) is 13.1 Å². The molecule has 0 aliphatic carbocycles. The second kappa shape index (κ2) is 6.29. The van der Waals surface area contributed by atoms with Crippen molar-refractivity contribution >= 4 is 17.3 Å². The number of aryl methyl sites for hydroxylation is 1. The minimum absolute atomic E-state index is 0.0994. The maximum absolute atomic E-state index is 9.03. The van der Waals surface area contributed by atoms with Crippen LogP contribution in [0.15, 0.2) is 18.2 Å². The Balaban J connectivity index is 2.17. The number of halogens is 1. The number of aromatic nitrogens is 2. The molecule has 0 unspecified atom stereocenters. The van der Waals surface area contributed by atoms with Gasteiger partial charge in [-0.3, -0.25) is 4.68 Å². The van der Waals surface area contributed by atoms with E-state index >= 15 is 0 Å². The van der Waals surface area contributed by atoms with E-state index in [2.05, 4.69) is 10.4 Å². The summed E-state index contributed by atoms with van der Waals surface area (Å²) in [4.78, 5) is 0. The summed E-state index contributed by atoms with van der Waals surface area (Å²) < 4.78 is 1.84. The summed E-state index contributed by atoms with van der Waals surface area (Å²) in [5, 5.41) is 17.6. The summed E-state index contributed by atoms with van der Waals surface area (Å²) in [6.07, 6.45) is 0. The highest BCUT2D eigenvalue weighted by atomic mass is 35.5. The van der Waals surface area contributed by atoms with Crippen molar-refractivity contribution in [3.8, 4) is 0 Å². The fourth-order valence-corrected chi connectivity index (χ4v) is 2.46. The van der Waals surface area contributed by atoms with Crippen LogP contribution in [0.1, 0.15) is 22.5 Å². The number of anilines is 1. The van der Waals surface area contributed by atoms with Gasteiger partial charge in [0.25, 0.3) is 0 Å². The lowest BCUT2D eigenvalue weighted by atomic mass is 10.1. The quantitative estimate of drug-likeness (QED) is 0.891. The van der Waals surface area contributed by atoms with Crippen molar-refractivity contribution in [1.82, 2.24) is 9.78 Å². The molecule has 2 rings (SSSR count). The average molecular weight is 294 g/mol. The third-order valence-corrected chi connectivity index (χ3v) is 3.98. The molecule has 0 aliphatic heterocycles. The van der Waals surface area contributed by atoms with E-state index in [4.69, 9.17) is 16.7 Å². The van der Waals surface area contributed by atoms with Crippen LogP contribution in [0.25, 0.3) is 0 Å². The predicted octanol–water partition coefficient (Wildman–Crippen LogP) is 3.07. The molecule has 2 aromatic rings. The van der Waals surface area contributed by atoms with Gasteiger partial charge in [-0.25, -0.2) is 0 Å². The van der Waals surface area contributed by atoms with Gasteiger partial charge >= 0.3 is 0 Å². The first kappa shape index (κ1) is 14.9. The van der Waals surface area contributed by atoms with Crippen molar-refractivity contribution in [3.63, 3.8) is 0 Å². The zero-order valence-corrected chi connectivity index (χ0v) is 12.8. The molecule has 0 aliphatic rings. The number of nitrogens with zero attached hydrogens (tertiary/aromatic N) is 2. The Bertz CT molecular complexity index is 607. The Labute approximate surface area is 124 Å². The Morgan fingerprint density at radius 1 is 1.30 bits per heavy atom. The van der Waals surface area contributed by atoms with E-state index in [0.717, 1.165) is 33.2 Å². The molecule has 0 atom stereocenters. The Morgan fingerprint density at radius 2 is 2.05 bits per heavy atom. The van der Waals surface area contributed by atoms with Gasteiger partial charge < -0.3 is 10.4 Å². The molecule has 0 fully saturated rings. The SMILES string of the molecule is Cc1nn(CCO)c(C)c1CNc1cccc(Cl)c1C. The van der Waals surface area contributed by atoms with E-state index in [9.17, 15) is 0 Å². The van der Waals surface area contributed by atoms with Crippen molar-refractivity contribution in [2.45, 2.75) is 33.9 Å². The van der Waals surface area contributed by atoms with Crippen LogP contribution in [-0.4, -0.2) is 21.5 Å². The molecule has 0 saturated carbocycles. The van der Waals surface area contributed by atoms with E-state index in [-0.39, 0.29) is 6.61 Å². The Kier molecular flexibility index (Phi) is 4.68. The van der Waals surface area contributed by atoms with E-state index < -0.39 is 0 Å². The molecule has 0 amide bonds. The summed E-state index contributed by atoms with van der Waals surface area (Å²) in [6, 6.07) is 5.84. The number of hydrogen-bond donors (Lipinski definition) is 2. The van der Waals surface area contributed by atoms with Gasteiger partial charge in [0.05, 0.1) is 18.8 Å². The van der Waals surface area contributed by atoms with Crippen LogP contribution in [-0.2, 0) is 13.1 Å². The van der Waals surface area contributed by atoms with E-state index in [1.807, 2.05) is 43.7 Å². The lowest BCUT2D eigenvalue weighted by molar-refractivity contribution is 0.268. The van der Waals surface area contributed by atoms with Gasteiger partial charge in [0.15, 0.2) is 0 Å². The Hall–Kier alpha value is -1.52. The van der Waals surface area contributed by atoms with Gasteiger partial charge in [-0.05, 0) is 38.5 Å². The number of aliphatic hydroxyl groups is 1. The molecular weight excluding hydrogens is 274 g/mol. The molecular formula is C15H20ClN3O. The van der Waals surface area contributed by atoms with Crippen molar-refractivity contribution < 1.29 is 5.11 Å². The first-order valence-corrected chi connectivity index (χ1v) is 7.05. The molecule has 20 heavy (non-hydrogen) atoms. The minimum Gasteiger partial charge on any atom is -0.394 e. The van der Waals surface area contributed by atoms with Gasteiger partial charge in [-0.15, -0.1) is 0 Å². The standard InChI is InChI=1S/C15H20ClN3O/c1-10-14(16)5-4-6-15(10)17-9-13-11(2)18-19(7-8-20)12(13)3/h4-6,17,20H,7-9H2,1-3H3. The monoisotopic (exact) mass is 293 g/mol. The normalized spacial score (nSPS) is 10.8. The third-order valence-electron chi connectivity index (χ3n) is 3.57. The molecule has 1 aromatic heterocycles. The number of benzene rings is 1. The zero-order chi connectivity index (χ0) is 14.7.